The van der Waals surface area contributed by atoms with Gasteiger partial charge in [0.25, 0.3) is 0 Å². The topological polar surface area (TPSA) is 60.4 Å². The first kappa shape index (κ1) is 16.5. The van der Waals surface area contributed by atoms with Crippen LogP contribution in [0.25, 0.3) is 0 Å². The van der Waals surface area contributed by atoms with Crippen molar-refractivity contribution < 1.29 is 17.9 Å². The van der Waals surface area contributed by atoms with Crippen LogP contribution in [0.5, 0.6) is 0 Å². The SMILES string of the molecule is CC1CCC(C(C)C)C(OC(=O)C(C)S(C)(=O)=O)C1. The average Bonchev–Trinajstić information content (AvgIpc) is 2.26. The van der Waals surface area contributed by atoms with Crippen molar-refractivity contribution in [1.82, 2.24) is 0 Å². The fourth-order valence-electron chi connectivity index (χ4n) is 2.67. The van der Waals surface area contributed by atoms with Gasteiger partial charge in [-0.3, -0.25) is 4.79 Å². The lowest BCUT2D eigenvalue weighted by Crippen LogP contribution is -2.39. The molecule has 1 aliphatic rings. The van der Waals surface area contributed by atoms with Crippen LogP contribution < -0.4 is 0 Å². The summed E-state index contributed by atoms with van der Waals surface area (Å²) in [6.45, 7) is 7.80. The van der Waals surface area contributed by atoms with E-state index in [2.05, 4.69) is 20.8 Å². The lowest BCUT2D eigenvalue weighted by Gasteiger charge is -2.37. The zero-order valence-electron chi connectivity index (χ0n) is 12.5. The number of carbonyl (C=O) groups is 1. The summed E-state index contributed by atoms with van der Waals surface area (Å²) >= 11 is 0. The third-order valence-corrected chi connectivity index (χ3v) is 5.68. The van der Waals surface area contributed by atoms with Crippen LogP contribution >= 0.6 is 0 Å². The molecule has 1 fully saturated rings. The summed E-state index contributed by atoms with van der Waals surface area (Å²) in [5.41, 5.74) is 0. The Labute approximate surface area is 116 Å². The van der Waals surface area contributed by atoms with E-state index in [1.165, 1.54) is 6.92 Å². The fraction of sp³-hybridized carbons (Fsp3) is 0.929. The summed E-state index contributed by atoms with van der Waals surface area (Å²) in [7, 11) is -3.38. The Hall–Kier alpha value is -0.580. The number of sulfone groups is 1. The van der Waals surface area contributed by atoms with Crippen molar-refractivity contribution in [2.45, 2.75) is 58.3 Å². The summed E-state index contributed by atoms with van der Waals surface area (Å²) in [6.07, 6.45) is 3.97. The van der Waals surface area contributed by atoms with Gasteiger partial charge < -0.3 is 4.74 Å². The van der Waals surface area contributed by atoms with Gasteiger partial charge in [-0.1, -0.05) is 27.2 Å². The highest BCUT2D eigenvalue weighted by molar-refractivity contribution is 7.92. The second kappa shape index (κ2) is 6.25. The Kier molecular flexibility index (Phi) is 5.42. The van der Waals surface area contributed by atoms with Crippen molar-refractivity contribution >= 4 is 15.8 Å². The van der Waals surface area contributed by atoms with Crippen molar-refractivity contribution in [2.75, 3.05) is 6.26 Å². The average molecular weight is 290 g/mol. The largest absolute Gasteiger partial charge is 0.461 e. The van der Waals surface area contributed by atoms with Crippen LogP contribution in [-0.2, 0) is 19.4 Å². The Morgan fingerprint density at radius 3 is 2.26 bits per heavy atom. The molecule has 0 N–H and O–H groups in total. The first-order chi connectivity index (χ1) is 8.62. The summed E-state index contributed by atoms with van der Waals surface area (Å²) in [5, 5.41) is -1.07. The summed E-state index contributed by atoms with van der Waals surface area (Å²) in [5.74, 6) is 0.708. The predicted molar refractivity (Wildman–Crippen MR) is 75.5 cm³/mol. The maximum Gasteiger partial charge on any atom is 0.324 e. The molecule has 0 aromatic carbocycles. The molecule has 4 atom stereocenters. The van der Waals surface area contributed by atoms with Crippen molar-refractivity contribution in [3.05, 3.63) is 0 Å². The van der Waals surface area contributed by atoms with Gasteiger partial charge in [-0.15, -0.1) is 0 Å². The van der Waals surface area contributed by atoms with E-state index in [-0.39, 0.29) is 6.10 Å². The molecule has 0 bridgehead atoms. The van der Waals surface area contributed by atoms with Gasteiger partial charge in [0.05, 0.1) is 0 Å². The predicted octanol–water partition coefficient (Wildman–Crippen LogP) is 2.42. The molecule has 0 heterocycles. The molecule has 4 unspecified atom stereocenters. The van der Waals surface area contributed by atoms with E-state index in [1.807, 2.05) is 0 Å². The Morgan fingerprint density at radius 2 is 1.79 bits per heavy atom. The maximum atomic E-state index is 11.9. The molecule has 0 aliphatic heterocycles. The Morgan fingerprint density at radius 1 is 1.21 bits per heavy atom. The lowest BCUT2D eigenvalue weighted by molar-refractivity contribution is -0.155. The van der Waals surface area contributed by atoms with Crippen molar-refractivity contribution in [2.24, 2.45) is 17.8 Å². The van der Waals surface area contributed by atoms with Crippen LogP contribution in [-0.4, -0.2) is 32.0 Å². The van der Waals surface area contributed by atoms with Crippen LogP contribution in [0, 0.1) is 17.8 Å². The van der Waals surface area contributed by atoms with Gasteiger partial charge in [0.1, 0.15) is 6.10 Å². The van der Waals surface area contributed by atoms with Crippen LogP contribution in [0.15, 0.2) is 0 Å². The number of ether oxygens (including phenoxy) is 1. The molecular weight excluding hydrogens is 264 g/mol. The van der Waals surface area contributed by atoms with Crippen LogP contribution in [0.2, 0.25) is 0 Å². The van der Waals surface area contributed by atoms with Gasteiger partial charge in [0.2, 0.25) is 0 Å². The van der Waals surface area contributed by atoms with E-state index in [4.69, 9.17) is 4.74 Å². The quantitative estimate of drug-likeness (QED) is 0.746. The van der Waals surface area contributed by atoms with Crippen molar-refractivity contribution in [3.8, 4) is 0 Å². The Bertz CT molecular complexity index is 413. The zero-order chi connectivity index (χ0) is 14.8. The fourth-order valence-corrected chi connectivity index (χ4v) is 3.08. The lowest BCUT2D eigenvalue weighted by atomic mass is 9.75. The van der Waals surface area contributed by atoms with E-state index < -0.39 is 21.1 Å². The molecule has 1 saturated carbocycles. The van der Waals surface area contributed by atoms with E-state index in [1.54, 1.807) is 0 Å². The summed E-state index contributed by atoms with van der Waals surface area (Å²) in [6, 6.07) is 0. The molecule has 0 saturated heterocycles. The van der Waals surface area contributed by atoms with E-state index in [0.717, 1.165) is 25.5 Å². The summed E-state index contributed by atoms with van der Waals surface area (Å²) < 4.78 is 28.3. The van der Waals surface area contributed by atoms with E-state index in [0.29, 0.717) is 17.8 Å². The Balaban J connectivity index is 2.74. The molecule has 4 nitrogen and oxygen atoms in total. The maximum absolute atomic E-state index is 11.9. The summed E-state index contributed by atoms with van der Waals surface area (Å²) in [4.78, 5) is 11.9. The highest BCUT2D eigenvalue weighted by Gasteiger charge is 2.35. The molecule has 112 valence electrons. The molecule has 0 spiro atoms. The smallest absolute Gasteiger partial charge is 0.324 e. The molecule has 5 heteroatoms. The van der Waals surface area contributed by atoms with E-state index >= 15 is 0 Å². The highest BCUT2D eigenvalue weighted by atomic mass is 32.2. The third-order valence-electron chi connectivity index (χ3n) is 4.20. The standard InChI is InChI=1S/C14H26O4S/c1-9(2)12-7-6-10(3)8-13(12)18-14(15)11(4)19(5,16)17/h9-13H,6-8H2,1-5H3. The monoisotopic (exact) mass is 290 g/mol. The van der Waals surface area contributed by atoms with Crippen LogP contribution in [0.4, 0.5) is 0 Å². The zero-order valence-corrected chi connectivity index (χ0v) is 13.4. The van der Waals surface area contributed by atoms with Crippen LogP contribution in [0.1, 0.15) is 47.0 Å². The molecule has 0 amide bonds. The molecule has 1 aliphatic carbocycles. The molecule has 0 aromatic rings. The minimum Gasteiger partial charge on any atom is -0.461 e. The number of carbonyl (C=O) groups excluding carboxylic acids is 1. The highest BCUT2D eigenvalue weighted by Crippen LogP contribution is 2.35. The molecular formula is C14H26O4S. The van der Waals surface area contributed by atoms with Crippen LogP contribution in [0.3, 0.4) is 0 Å². The third kappa shape index (κ3) is 4.48. The van der Waals surface area contributed by atoms with Crippen molar-refractivity contribution in [3.63, 3.8) is 0 Å². The number of hydrogen-bond donors (Lipinski definition) is 0. The molecule has 0 radical (unpaired) electrons. The first-order valence-electron chi connectivity index (χ1n) is 7.02. The van der Waals surface area contributed by atoms with Gasteiger partial charge >= 0.3 is 5.97 Å². The van der Waals surface area contributed by atoms with Gasteiger partial charge in [0.15, 0.2) is 15.1 Å². The van der Waals surface area contributed by atoms with Gasteiger partial charge in [-0.05, 0) is 37.5 Å². The van der Waals surface area contributed by atoms with Gasteiger partial charge in [-0.25, -0.2) is 8.42 Å². The normalized spacial score (nSPS) is 30.1. The number of hydrogen-bond acceptors (Lipinski definition) is 4. The molecule has 19 heavy (non-hydrogen) atoms. The minimum atomic E-state index is -3.38. The second-order valence-corrected chi connectivity index (χ2v) is 8.64. The first-order valence-corrected chi connectivity index (χ1v) is 8.97. The van der Waals surface area contributed by atoms with Crippen molar-refractivity contribution in [1.29, 1.82) is 0 Å². The second-order valence-electron chi connectivity index (χ2n) is 6.27. The van der Waals surface area contributed by atoms with Gasteiger partial charge in [0, 0.05) is 6.26 Å². The molecule has 0 aromatic heterocycles. The number of rotatable bonds is 4. The van der Waals surface area contributed by atoms with E-state index in [9.17, 15) is 13.2 Å². The molecule has 1 rings (SSSR count). The minimum absolute atomic E-state index is 0.138. The number of esters is 1. The van der Waals surface area contributed by atoms with Gasteiger partial charge in [-0.2, -0.15) is 0 Å².